The van der Waals surface area contributed by atoms with Crippen molar-refractivity contribution in [1.29, 1.82) is 0 Å². The first-order valence-electron chi connectivity index (χ1n) is 11.2. The van der Waals surface area contributed by atoms with E-state index in [1.54, 1.807) is 6.26 Å². The van der Waals surface area contributed by atoms with E-state index in [1.165, 1.54) is 11.6 Å². The first kappa shape index (κ1) is 19.5. The van der Waals surface area contributed by atoms with Gasteiger partial charge in [0.05, 0.1) is 24.6 Å². The topological polar surface area (TPSA) is 90.9 Å². The van der Waals surface area contributed by atoms with E-state index in [9.17, 15) is 20.1 Å². The van der Waals surface area contributed by atoms with E-state index in [-0.39, 0.29) is 40.8 Å². The van der Waals surface area contributed by atoms with Crippen molar-refractivity contribution in [3.05, 3.63) is 46.0 Å². The molecule has 0 saturated heterocycles. The van der Waals surface area contributed by atoms with Crippen molar-refractivity contribution in [2.45, 2.75) is 75.9 Å². The van der Waals surface area contributed by atoms with E-state index in [0.717, 1.165) is 50.5 Å². The summed E-state index contributed by atoms with van der Waals surface area (Å²) < 4.78 is 5.15. The molecule has 1 aromatic heterocycles. The maximum absolute atomic E-state index is 12.2. The van der Waals surface area contributed by atoms with Crippen LogP contribution in [0.2, 0.25) is 0 Å². The largest absolute Gasteiger partial charge is 0.431 e. The molecule has 3 N–H and O–H groups in total. The molecule has 5 rings (SSSR count). The Hall–Kier alpha value is -1.43. The maximum atomic E-state index is 12.2. The number of aliphatic hydroxyl groups is 3. The van der Waals surface area contributed by atoms with E-state index >= 15 is 0 Å². The normalized spacial score (nSPS) is 46.4. The van der Waals surface area contributed by atoms with Crippen molar-refractivity contribution in [1.82, 2.24) is 0 Å². The smallest absolute Gasteiger partial charge is 0.335 e. The van der Waals surface area contributed by atoms with Gasteiger partial charge >= 0.3 is 5.63 Å². The first-order valence-corrected chi connectivity index (χ1v) is 11.2. The second-order valence-corrected chi connectivity index (χ2v) is 10.2. The monoisotopic (exact) mass is 400 g/mol. The molecule has 3 fully saturated rings. The van der Waals surface area contributed by atoms with Crippen LogP contribution < -0.4 is 5.63 Å². The maximum Gasteiger partial charge on any atom is 0.335 e. The Kier molecular flexibility index (Phi) is 4.40. The zero-order chi connectivity index (χ0) is 20.4. The minimum atomic E-state index is -0.777. The van der Waals surface area contributed by atoms with Crippen LogP contribution in [-0.4, -0.2) is 33.6 Å². The highest BCUT2D eigenvalue weighted by atomic mass is 16.4. The molecule has 0 aromatic carbocycles. The van der Waals surface area contributed by atoms with Crippen LogP contribution in [0.1, 0.15) is 69.8 Å². The van der Waals surface area contributed by atoms with Crippen LogP contribution in [-0.2, 0) is 0 Å². The average molecular weight is 401 g/mol. The highest BCUT2D eigenvalue weighted by molar-refractivity contribution is 5.31. The van der Waals surface area contributed by atoms with Gasteiger partial charge in [-0.1, -0.05) is 18.6 Å². The quantitative estimate of drug-likeness (QED) is 0.664. The number of hydrogen-bond acceptors (Lipinski definition) is 5. The van der Waals surface area contributed by atoms with E-state index in [0.29, 0.717) is 6.42 Å². The molecule has 158 valence electrons. The zero-order valence-electron chi connectivity index (χ0n) is 17.1. The summed E-state index contributed by atoms with van der Waals surface area (Å²) in [5.41, 5.74) is 0.561. The van der Waals surface area contributed by atoms with Crippen LogP contribution in [0.4, 0.5) is 0 Å². The van der Waals surface area contributed by atoms with Gasteiger partial charge in [-0.2, -0.15) is 0 Å². The summed E-state index contributed by atoms with van der Waals surface area (Å²) in [5, 5.41) is 32.8. The van der Waals surface area contributed by atoms with Crippen molar-refractivity contribution < 1.29 is 19.7 Å². The molecular weight excluding hydrogens is 368 g/mol. The standard InChI is InChI=1S/C24H32O5/c1-22-9-7-19-20(4-3-16-12-17(26)6-10-23(16,19)14-25)24(22,28)11-8-18(22)15-2-5-21(27)29-13-15/h2,5,12-13,17-20,25-26,28H,3-4,6-11,14H2,1H3/t17?,18-,19?,20?,22-,23-,24+/m1/s1. The Labute approximate surface area is 171 Å². The Bertz CT molecular complexity index is 869. The number of aliphatic hydroxyl groups excluding tert-OH is 2. The van der Waals surface area contributed by atoms with Gasteiger partial charge in [0.15, 0.2) is 0 Å². The molecule has 3 unspecified atom stereocenters. The van der Waals surface area contributed by atoms with E-state index in [2.05, 4.69) is 6.92 Å². The molecule has 3 saturated carbocycles. The second kappa shape index (κ2) is 6.53. The van der Waals surface area contributed by atoms with Crippen molar-refractivity contribution in [2.75, 3.05) is 6.61 Å². The first-order chi connectivity index (χ1) is 13.8. The van der Waals surface area contributed by atoms with Gasteiger partial charge < -0.3 is 19.7 Å². The summed E-state index contributed by atoms with van der Waals surface area (Å²) in [5.74, 6) is 0.583. The van der Waals surface area contributed by atoms with Gasteiger partial charge in [0.2, 0.25) is 0 Å². The van der Waals surface area contributed by atoms with Crippen molar-refractivity contribution in [3.8, 4) is 0 Å². The van der Waals surface area contributed by atoms with E-state index < -0.39 is 11.7 Å². The highest BCUT2D eigenvalue weighted by Crippen LogP contribution is 2.70. The minimum Gasteiger partial charge on any atom is -0.431 e. The molecule has 0 bridgehead atoms. The molecule has 4 aliphatic rings. The predicted molar refractivity (Wildman–Crippen MR) is 108 cm³/mol. The van der Waals surface area contributed by atoms with Gasteiger partial charge in [-0.3, -0.25) is 0 Å². The van der Waals surface area contributed by atoms with Crippen molar-refractivity contribution >= 4 is 0 Å². The van der Waals surface area contributed by atoms with Gasteiger partial charge in [-0.25, -0.2) is 4.79 Å². The van der Waals surface area contributed by atoms with Gasteiger partial charge in [0, 0.05) is 16.9 Å². The lowest BCUT2D eigenvalue weighted by atomic mass is 9.44. The molecule has 1 heterocycles. The third kappa shape index (κ3) is 2.53. The van der Waals surface area contributed by atoms with Gasteiger partial charge in [-0.15, -0.1) is 0 Å². The van der Waals surface area contributed by atoms with Crippen LogP contribution in [0.25, 0.3) is 0 Å². The summed E-state index contributed by atoms with van der Waals surface area (Å²) in [6, 6.07) is 3.34. The summed E-state index contributed by atoms with van der Waals surface area (Å²) in [4.78, 5) is 11.4. The molecule has 4 aliphatic carbocycles. The Morgan fingerprint density at radius 1 is 1.10 bits per heavy atom. The third-order valence-electron chi connectivity index (χ3n) is 9.41. The summed E-state index contributed by atoms with van der Waals surface area (Å²) >= 11 is 0. The molecule has 0 radical (unpaired) electrons. The van der Waals surface area contributed by atoms with Crippen molar-refractivity contribution in [3.63, 3.8) is 0 Å². The summed E-state index contributed by atoms with van der Waals surface area (Å²) in [6.07, 6.45) is 9.92. The molecular formula is C24H32O5. The molecule has 0 amide bonds. The fourth-order valence-electron chi connectivity index (χ4n) is 7.87. The molecule has 5 heteroatoms. The summed E-state index contributed by atoms with van der Waals surface area (Å²) in [6.45, 7) is 2.32. The van der Waals surface area contributed by atoms with Crippen molar-refractivity contribution in [2.24, 2.45) is 22.7 Å². The lowest BCUT2D eigenvalue weighted by molar-refractivity contribution is -0.185. The van der Waals surface area contributed by atoms with Gasteiger partial charge in [0.25, 0.3) is 0 Å². The van der Waals surface area contributed by atoms with Crippen LogP contribution in [0, 0.1) is 22.7 Å². The van der Waals surface area contributed by atoms with Gasteiger partial charge in [0.1, 0.15) is 0 Å². The fourth-order valence-corrected chi connectivity index (χ4v) is 7.87. The number of rotatable bonds is 2. The van der Waals surface area contributed by atoms with E-state index in [1.807, 2.05) is 12.1 Å². The van der Waals surface area contributed by atoms with Gasteiger partial charge in [-0.05, 0) is 80.8 Å². The Morgan fingerprint density at radius 2 is 1.93 bits per heavy atom. The Morgan fingerprint density at radius 3 is 2.66 bits per heavy atom. The molecule has 0 spiro atoms. The van der Waals surface area contributed by atoms with Crippen LogP contribution in [0.3, 0.4) is 0 Å². The minimum absolute atomic E-state index is 0.104. The molecule has 29 heavy (non-hydrogen) atoms. The zero-order valence-corrected chi connectivity index (χ0v) is 17.1. The predicted octanol–water partition coefficient (Wildman–Crippen LogP) is 3.13. The molecule has 5 nitrogen and oxygen atoms in total. The second-order valence-electron chi connectivity index (χ2n) is 10.2. The Balaban J connectivity index is 1.52. The van der Waals surface area contributed by atoms with Crippen LogP contribution in [0.15, 0.2) is 39.3 Å². The molecule has 7 atom stereocenters. The summed E-state index contributed by atoms with van der Waals surface area (Å²) in [7, 11) is 0. The van der Waals surface area contributed by atoms with E-state index in [4.69, 9.17) is 4.42 Å². The average Bonchev–Trinajstić information content (AvgIpc) is 3.00. The third-order valence-corrected chi connectivity index (χ3v) is 9.41. The number of hydrogen-bond donors (Lipinski definition) is 3. The lowest BCUT2D eigenvalue weighted by Crippen LogP contribution is -2.61. The molecule has 1 aromatic rings. The number of fused-ring (bicyclic) bond motifs is 5. The molecule has 0 aliphatic heterocycles. The van der Waals surface area contributed by atoms with Crippen LogP contribution in [0.5, 0.6) is 0 Å². The van der Waals surface area contributed by atoms with Crippen LogP contribution >= 0.6 is 0 Å². The fraction of sp³-hybridized carbons (Fsp3) is 0.708. The lowest BCUT2D eigenvalue weighted by Gasteiger charge is -2.62. The SMILES string of the molecule is C[C@]12CCC3C(CCC4=CC(O)CC[C@@]43CO)[C@@]1(O)CC[C@@H]2c1ccc(=O)oc1. The highest BCUT2D eigenvalue weighted by Gasteiger charge is 2.67.